The van der Waals surface area contributed by atoms with Gasteiger partial charge in [0.05, 0.1) is 5.56 Å². The predicted octanol–water partition coefficient (Wildman–Crippen LogP) is 1.84. The number of likely N-dealkylation sites (N-methyl/N-ethyl adjacent to an activating group) is 1. The van der Waals surface area contributed by atoms with E-state index in [0.29, 0.717) is 23.2 Å². The van der Waals surface area contributed by atoms with Crippen LogP contribution in [0.1, 0.15) is 31.1 Å². The van der Waals surface area contributed by atoms with Crippen LogP contribution in [0.5, 0.6) is 0 Å². The van der Waals surface area contributed by atoms with Crippen LogP contribution < -0.4 is 30.7 Å². The zero-order valence-electron chi connectivity index (χ0n) is 22.7. The van der Waals surface area contributed by atoms with Crippen LogP contribution in [0.3, 0.4) is 0 Å². The van der Waals surface area contributed by atoms with Gasteiger partial charge in [0.25, 0.3) is 17.4 Å². The molecule has 2 amide bonds. The van der Waals surface area contributed by atoms with Gasteiger partial charge in [0.15, 0.2) is 5.57 Å². The van der Waals surface area contributed by atoms with Gasteiger partial charge in [0, 0.05) is 48.6 Å². The number of carbonyl (C=O) groups excluding carboxylic acids is 2. The monoisotopic (exact) mass is 589 g/mol. The Morgan fingerprint density at radius 2 is 1.93 bits per heavy atom. The maximum atomic E-state index is 12.8. The molecule has 0 aliphatic carbocycles. The van der Waals surface area contributed by atoms with Crippen molar-refractivity contribution in [3.63, 3.8) is 0 Å². The number of carbonyl (C=O) groups is 2. The molecule has 10 nitrogen and oxygen atoms in total. The molecule has 3 aromatic rings. The molecular formula is C27H30F3N7O3S. The van der Waals surface area contributed by atoms with Crippen LogP contribution in [0.25, 0.3) is 22.2 Å². The smallest absolute Gasteiger partial charge is 0.360 e. The van der Waals surface area contributed by atoms with Crippen LogP contribution in [0.4, 0.5) is 18.9 Å². The Bertz CT molecular complexity index is 1670. The van der Waals surface area contributed by atoms with Gasteiger partial charge in [0.2, 0.25) is 0 Å². The van der Waals surface area contributed by atoms with Crippen LogP contribution in [-0.2, 0) is 11.3 Å². The molecule has 4 N–H and O–H groups in total. The molecule has 0 unspecified atom stereocenters. The Balaban J connectivity index is 1.88. The van der Waals surface area contributed by atoms with Crippen LogP contribution in [0.15, 0.2) is 35.4 Å². The van der Waals surface area contributed by atoms with Crippen molar-refractivity contribution in [3.05, 3.63) is 55.7 Å². The largest absolute Gasteiger partial charge is 0.405 e. The molecule has 0 atom stereocenters. The Kier molecular flexibility index (Phi) is 10.5. The highest BCUT2D eigenvalue weighted by molar-refractivity contribution is 7.07. The van der Waals surface area contributed by atoms with Crippen molar-refractivity contribution in [2.75, 3.05) is 38.0 Å². The van der Waals surface area contributed by atoms with Crippen LogP contribution in [-0.4, -0.2) is 65.2 Å². The second kappa shape index (κ2) is 13.8. The fraction of sp³-hybridized carbons (Fsp3) is 0.370. The lowest BCUT2D eigenvalue weighted by molar-refractivity contribution is -0.135. The fourth-order valence-corrected chi connectivity index (χ4v) is 5.06. The lowest BCUT2D eigenvalue weighted by Gasteiger charge is -2.17. The van der Waals surface area contributed by atoms with Crippen molar-refractivity contribution in [1.29, 1.82) is 5.26 Å². The maximum Gasteiger partial charge on any atom is 0.405 e. The number of benzene rings is 1. The number of aromatic amines is 1. The van der Waals surface area contributed by atoms with E-state index in [0.717, 1.165) is 41.1 Å². The number of anilines is 1. The first kappa shape index (κ1) is 31.2. The second-order valence-corrected chi connectivity index (χ2v) is 9.75. The topological polar surface area (TPSA) is 135 Å². The summed E-state index contributed by atoms with van der Waals surface area (Å²) in [5, 5.41) is 17.7. The summed E-state index contributed by atoms with van der Waals surface area (Å²) in [5.41, 5.74) is 3.48. The number of H-pyrrole nitrogens is 1. The van der Waals surface area contributed by atoms with E-state index in [1.807, 2.05) is 0 Å². The molecule has 14 heteroatoms. The van der Waals surface area contributed by atoms with Crippen molar-refractivity contribution < 1.29 is 22.8 Å². The van der Waals surface area contributed by atoms with Crippen molar-refractivity contribution in [3.8, 4) is 6.07 Å². The summed E-state index contributed by atoms with van der Waals surface area (Å²) in [6.45, 7) is 7.25. The molecule has 1 aromatic carbocycles. The van der Waals surface area contributed by atoms with E-state index in [1.54, 1.807) is 42.7 Å². The minimum absolute atomic E-state index is 0.0433. The number of alkyl halides is 3. The first-order chi connectivity index (χ1) is 19.5. The Morgan fingerprint density at radius 1 is 1.20 bits per heavy atom. The zero-order valence-corrected chi connectivity index (χ0v) is 23.6. The van der Waals surface area contributed by atoms with Crippen LogP contribution >= 0.6 is 11.3 Å². The zero-order chi connectivity index (χ0) is 30.2. The first-order valence-electron chi connectivity index (χ1n) is 12.8. The molecule has 218 valence electrons. The van der Waals surface area contributed by atoms with Gasteiger partial charge in [-0.2, -0.15) is 18.4 Å². The van der Waals surface area contributed by atoms with E-state index in [2.05, 4.69) is 40.1 Å². The summed E-state index contributed by atoms with van der Waals surface area (Å²) in [5.74, 6) is -1.44. The number of thiazole rings is 1. The van der Waals surface area contributed by atoms with E-state index in [4.69, 9.17) is 0 Å². The predicted molar refractivity (Wildman–Crippen MR) is 152 cm³/mol. The van der Waals surface area contributed by atoms with Crippen molar-refractivity contribution in [2.45, 2.75) is 33.5 Å². The number of hydrogen-bond donors (Lipinski definition) is 4. The number of fused-ring (bicyclic) bond motifs is 1. The standard InChI is InChI=1S/C27H30F3N7O3S/c1-4-36(5-2)12-11-33-24(39)20-15-34-21-8-7-17(13-18(20)21)32-10-9-22-25(40)37(6-3)26(41-22)19(14-31)23(38)35-16-27(28,29)30/h7-8,10,13,15,32,34H,4-6,11-12,16H2,1-3H3,(H,33,39)(H,35,38)/b26-19-. The summed E-state index contributed by atoms with van der Waals surface area (Å²) in [6, 6.07) is 6.92. The lowest BCUT2D eigenvalue weighted by atomic mass is 10.1. The van der Waals surface area contributed by atoms with E-state index in [1.165, 1.54) is 6.20 Å². The average molecular weight is 590 g/mol. The number of nitrogens with zero attached hydrogens (tertiary/aromatic N) is 3. The highest BCUT2D eigenvalue weighted by atomic mass is 32.1. The highest BCUT2D eigenvalue weighted by Gasteiger charge is 2.29. The average Bonchev–Trinajstić information content (AvgIpc) is 3.50. The quantitative estimate of drug-likeness (QED) is 0.270. The van der Waals surface area contributed by atoms with Gasteiger partial charge in [-0.05, 0) is 38.2 Å². The van der Waals surface area contributed by atoms with E-state index in [-0.39, 0.29) is 21.6 Å². The summed E-state index contributed by atoms with van der Waals surface area (Å²) < 4.78 is 38.6. The third-order valence-corrected chi connectivity index (χ3v) is 7.29. The second-order valence-electron chi connectivity index (χ2n) is 8.75. The number of aromatic nitrogens is 2. The van der Waals surface area contributed by atoms with Crippen molar-refractivity contribution in [1.82, 2.24) is 25.1 Å². The van der Waals surface area contributed by atoms with Crippen molar-refractivity contribution in [2.24, 2.45) is 0 Å². The van der Waals surface area contributed by atoms with Gasteiger partial charge < -0.3 is 25.8 Å². The summed E-state index contributed by atoms with van der Waals surface area (Å²) in [7, 11) is 0. The number of hydrogen-bond acceptors (Lipinski definition) is 7. The summed E-state index contributed by atoms with van der Waals surface area (Å²) in [6.07, 6.45) is -1.65. The number of rotatable bonds is 11. The fourth-order valence-electron chi connectivity index (χ4n) is 3.99. The van der Waals surface area contributed by atoms with Gasteiger partial charge in [-0.3, -0.25) is 19.0 Å². The maximum absolute atomic E-state index is 12.8. The molecule has 0 bridgehead atoms. The molecule has 41 heavy (non-hydrogen) atoms. The van der Waals surface area contributed by atoms with Crippen LogP contribution in [0, 0.1) is 11.3 Å². The Labute approximate surface area is 237 Å². The number of nitrogens with one attached hydrogen (secondary N) is 4. The molecule has 0 aliphatic heterocycles. The summed E-state index contributed by atoms with van der Waals surface area (Å²) in [4.78, 5) is 43.1. The minimum atomic E-state index is -4.65. The first-order valence-corrected chi connectivity index (χ1v) is 13.7. The molecule has 2 aromatic heterocycles. The molecule has 0 radical (unpaired) electrons. The molecule has 2 heterocycles. The van der Waals surface area contributed by atoms with Crippen LogP contribution in [0.2, 0.25) is 0 Å². The van der Waals surface area contributed by atoms with Gasteiger partial charge in [-0.25, -0.2) is 0 Å². The SMILES string of the molecule is CCN(CC)CCNC(=O)c1c[nH]c2ccc(NC=C=c3s/c(=C(/C#N)C(=O)NCC(F)(F)F)n(CC)c3=O)cc12. The van der Waals surface area contributed by atoms with Crippen molar-refractivity contribution >= 4 is 51.0 Å². The minimum Gasteiger partial charge on any atom is -0.360 e. The van der Waals surface area contributed by atoms with E-state index >= 15 is 0 Å². The molecule has 0 aliphatic rings. The molecule has 0 fully saturated rings. The van der Waals surface area contributed by atoms with E-state index < -0.39 is 29.8 Å². The lowest BCUT2D eigenvalue weighted by Crippen LogP contribution is -2.37. The summed E-state index contributed by atoms with van der Waals surface area (Å²) >= 11 is 0.768. The van der Waals surface area contributed by atoms with Gasteiger partial charge in [0.1, 0.15) is 21.8 Å². The molecular weight excluding hydrogens is 559 g/mol. The molecule has 0 saturated carbocycles. The highest BCUT2D eigenvalue weighted by Crippen LogP contribution is 2.22. The normalized spacial score (nSPS) is 12.0. The number of amides is 2. The Morgan fingerprint density at radius 3 is 2.56 bits per heavy atom. The van der Waals surface area contributed by atoms with Gasteiger partial charge in [-0.15, -0.1) is 11.3 Å². The molecule has 0 saturated heterocycles. The molecule has 0 spiro atoms. The number of nitriles is 1. The Hall–Kier alpha value is -4.31. The third-order valence-electron chi connectivity index (χ3n) is 6.18. The van der Waals surface area contributed by atoms with Gasteiger partial charge >= 0.3 is 6.18 Å². The molecule has 3 rings (SSSR count). The third kappa shape index (κ3) is 7.88. The van der Waals surface area contributed by atoms with E-state index in [9.17, 15) is 32.8 Å². The number of halogens is 3. The van der Waals surface area contributed by atoms with Gasteiger partial charge in [-0.1, -0.05) is 19.6 Å².